The molecule has 16 heteroatoms. The predicted molar refractivity (Wildman–Crippen MR) is 72.4 cm³/mol. The predicted octanol–water partition coefficient (Wildman–Crippen LogP) is 6.21. The lowest BCUT2D eigenvalue weighted by molar-refractivity contribution is -0.529. The summed E-state index contributed by atoms with van der Waals surface area (Å²) in [6.07, 6.45) is -26.8. The first-order valence-corrected chi connectivity index (χ1v) is 7.66. The van der Waals surface area contributed by atoms with Crippen LogP contribution in [0, 0.1) is 5.92 Å². The monoisotopic (exact) mass is 478 g/mol. The van der Waals surface area contributed by atoms with Gasteiger partial charge in [-0.25, -0.2) is 4.39 Å². The van der Waals surface area contributed by atoms with Gasteiger partial charge in [0, 0.05) is 6.61 Å². The Morgan fingerprint density at radius 2 is 1.30 bits per heavy atom. The van der Waals surface area contributed by atoms with Gasteiger partial charge in [-0.3, -0.25) is 9.47 Å². The van der Waals surface area contributed by atoms with Crippen LogP contribution < -0.4 is 0 Å². The number of ether oxygens (including phenoxy) is 3. The van der Waals surface area contributed by atoms with Gasteiger partial charge in [-0.1, -0.05) is 26.8 Å². The summed E-state index contributed by atoms with van der Waals surface area (Å²) in [7, 11) is 0. The Bertz CT molecular complexity index is 589. The molecule has 0 saturated heterocycles. The molecule has 0 aromatic carbocycles. The Morgan fingerprint density at radius 3 is 1.63 bits per heavy atom. The van der Waals surface area contributed by atoms with Crippen LogP contribution in [0.5, 0.6) is 0 Å². The quantitative estimate of drug-likeness (QED) is 0.331. The molecule has 0 aliphatic heterocycles. The van der Waals surface area contributed by atoms with E-state index in [4.69, 9.17) is 0 Å². The van der Waals surface area contributed by atoms with Gasteiger partial charge in [-0.2, -0.15) is 52.7 Å². The number of hydrogen-bond acceptors (Lipinski definition) is 3. The maximum absolute atomic E-state index is 14.0. The van der Waals surface area contributed by atoms with Crippen molar-refractivity contribution in [2.24, 2.45) is 5.92 Å². The van der Waals surface area contributed by atoms with Gasteiger partial charge in [0.2, 0.25) is 0 Å². The van der Waals surface area contributed by atoms with Crippen LogP contribution in [-0.4, -0.2) is 49.5 Å². The van der Waals surface area contributed by atoms with Gasteiger partial charge >= 0.3 is 36.3 Å². The molecule has 0 aromatic heterocycles. The Hall–Kier alpha value is -1.29. The molecule has 0 heterocycles. The van der Waals surface area contributed by atoms with Crippen LogP contribution in [0.1, 0.15) is 20.3 Å². The summed E-state index contributed by atoms with van der Waals surface area (Å²) in [5.74, 6) is -16.7. The maximum atomic E-state index is 14.0. The molecule has 0 aliphatic rings. The molecule has 0 saturated carbocycles. The second-order valence-corrected chi connectivity index (χ2v) is 5.99. The highest BCUT2D eigenvalue weighted by atomic mass is 19.4. The van der Waals surface area contributed by atoms with Crippen molar-refractivity contribution >= 4 is 0 Å². The van der Waals surface area contributed by atoms with E-state index in [0.29, 0.717) is 0 Å². The molecular formula is C14H15F13O3. The average molecular weight is 478 g/mol. The van der Waals surface area contributed by atoms with Gasteiger partial charge in [-0.05, 0) is 5.92 Å². The van der Waals surface area contributed by atoms with E-state index in [2.05, 4.69) is 14.2 Å². The molecule has 0 aliphatic carbocycles. The minimum Gasteiger partial charge on any atom is -0.375 e. The molecule has 0 fully saturated rings. The van der Waals surface area contributed by atoms with Crippen LogP contribution in [-0.2, 0) is 14.2 Å². The lowest BCUT2D eigenvalue weighted by atomic mass is 10.1. The van der Waals surface area contributed by atoms with Gasteiger partial charge in [0.05, 0.1) is 0 Å². The lowest BCUT2D eigenvalue weighted by Crippen LogP contribution is -2.65. The SMILES string of the molecule is C=C(F)C(F)(F)OC(F)(C(F)(F)F)C(F)(F)OC(F)(COCC(C)CC)C(F)(F)F. The van der Waals surface area contributed by atoms with Crippen molar-refractivity contribution in [2.75, 3.05) is 13.2 Å². The molecule has 30 heavy (non-hydrogen) atoms. The summed E-state index contributed by atoms with van der Waals surface area (Å²) in [6.45, 7) is 1.32. The Balaban J connectivity index is 6.10. The van der Waals surface area contributed by atoms with E-state index in [1.165, 1.54) is 13.8 Å². The van der Waals surface area contributed by atoms with Gasteiger partial charge in [0.1, 0.15) is 6.61 Å². The summed E-state index contributed by atoms with van der Waals surface area (Å²) in [6, 6.07) is 0. The summed E-state index contributed by atoms with van der Waals surface area (Å²) in [5.41, 5.74) is 0. The van der Waals surface area contributed by atoms with Crippen LogP contribution in [0.2, 0.25) is 0 Å². The summed E-state index contributed by atoms with van der Waals surface area (Å²) in [5, 5.41) is 0. The minimum atomic E-state index is -7.26. The van der Waals surface area contributed by atoms with E-state index in [1.54, 1.807) is 6.58 Å². The van der Waals surface area contributed by atoms with E-state index in [0.717, 1.165) is 0 Å². The summed E-state index contributed by atoms with van der Waals surface area (Å²) >= 11 is 0. The molecule has 0 N–H and O–H groups in total. The molecule has 3 atom stereocenters. The fraction of sp³-hybridized carbons (Fsp3) is 0.857. The van der Waals surface area contributed by atoms with Crippen molar-refractivity contribution < 1.29 is 71.3 Å². The zero-order valence-corrected chi connectivity index (χ0v) is 15.0. The standard InChI is InChI=1S/C14H15F13O3/c1-4-7(2)5-28-6-9(16,12(20,21)22)29-14(26,27)11(19,13(23,24)25)30-10(17,18)8(3)15/h7H,3-6H2,1-2H3. The summed E-state index contributed by atoms with van der Waals surface area (Å²) < 4.78 is 179. The van der Waals surface area contributed by atoms with Gasteiger partial charge in [0.25, 0.3) is 0 Å². The normalized spacial score (nSPS) is 19.2. The van der Waals surface area contributed by atoms with Gasteiger partial charge < -0.3 is 4.74 Å². The highest BCUT2D eigenvalue weighted by Crippen LogP contribution is 2.53. The number of rotatable bonds is 11. The Morgan fingerprint density at radius 1 is 0.833 bits per heavy atom. The Kier molecular flexibility index (Phi) is 8.67. The van der Waals surface area contributed by atoms with Crippen molar-refractivity contribution in [3.05, 3.63) is 12.4 Å². The third-order valence-electron chi connectivity index (χ3n) is 3.42. The van der Waals surface area contributed by atoms with Crippen molar-refractivity contribution in [2.45, 2.75) is 56.5 Å². The first kappa shape index (κ1) is 28.7. The van der Waals surface area contributed by atoms with Gasteiger partial charge in [0.15, 0.2) is 5.83 Å². The average Bonchev–Trinajstić information content (AvgIpc) is 2.51. The Labute approximate surface area is 160 Å². The van der Waals surface area contributed by atoms with Crippen LogP contribution in [0.4, 0.5) is 57.1 Å². The fourth-order valence-electron chi connectivity index (χ4n) is 1.46. The van der Waals surface area contributed by atoms with Crippen molar-refractivity contribution in [3.8, 4) is 0 Å². The zero-order valence-electron chi connectivity index (χ0n) is 15.0. The number of alkyl halides is 12. The second-order valence-electron chi connectivity index (χ2n) is 5.99. The smallest absolute Gasteiger partial charge is 0.375 e. The minimum absolute atomic E-state index is 0.236. The molecule has 0 rings (SSSR count). The molecule has 0 aromatic rings. The van der Waals surface area contributed by atoms with Crippen molar-refractivity contribution in [3.63, 3.8) is 0 Å². The molecule has 3 unspecified atom stereocenters. The third kappa shape index (κ3) is 6.35. The first-order chi connectivity index (χ1) is 13.1. The zero-order chi connectivity index (χ0) is 24.4. The van der Waals surface area contributed by atoms with Crippen LogP contribution in [0.25, 0.3) is 0 Å². The highest BCUT2D eigenvalue weighted by Gasteiger charge is 2.80. The molecule has 0 amide bonds. The third-order valence-corrected chi connectivity index (χ3v) is 3.42. The maximum Gasteiger partial charge on any atom is 0.458 e. The van der Waals surface area contributed by atoms with Gasteiger partial charge in [-0.15, -0.1) is 0 Å². The first-order valence-electron chi connectivity index (χ1n) is 7.66. The topological polar surface area (TPSA) is 27.7 Å². The van der Waals surface area contributed by atoms with E-state index in [1.807, 2.05) is 0 Å². The van der Waals surface area contributed by atoms with Crippen LogP contribution in [0.15, 0.2) is 12.4 Å². The number of hydrogen-bond donors (Lipinski definition) is 0. The van der Waals surface area contributed by atoms with Crippen molar-refractivity contribution in [1.29, 1.82) is 0 Å². The molecule has 3 nitrogen and oxygen atoms in total. The molecular weight excluding hydrogens is 463 g/mol. The molecule has 0 bridgehead atoms. The van der Waals surface area contributed by atoms with E-state index in [-0.39, 0.29) is 6.42 Å². The van der Waals surface area contributed by atoms with Crippen LogP contribution >= 0.6 is 0 Å². The lowest BCUT2D eigenvalue weighted by Gasteiger charge is -2.39. The van der Waals surface area contributed by atoms with Crippen LogP contribution in [0.3, 0.4) is 0 Å². The highest BCUT2D eigenvalue weighted by molar-refractivity contribution is 4.97. The fourth-order valence-corrected chi connectivity index (χ4v) is 1.46. The van der Waals surface area contributed by atoms with E-state index < -0.39 is 61.2 Å². The molecule has 180 valence electrons. The summed E-state index contributed by atoms with van der Waals surface area (Å²) in [4.78, 5) is 0. The molecule has 0 radical (unpaired) electrons. The number of halogens is 13. The largest absolute Gasteiger partial charge is 0.458 e. The second kappa shape index (κ2) is 9.06. The van der Waals surface area contributed by atoms with Crippen molar-refractivity contribution in [1.82, 2.24) is 0 Å². The van der Waals surface area contributed by atoms with E-state index in [9.17, 15) is 57.1 Å². The van der Waals surface area contributed by atoms with E-state index >= 15 is 0 Å². The molecule has 0 spiro atoms.